The van der Waals surface area contributed by atoms with Gasteiger partial charge >= 0.3 is 0 Å². The molecule has 5 nitrogen and oxygen atoms in total. The molecule has 1 aromatic heterocycles. The summed E-state index contributed by atoms with van der Waals surface area (Å²) < 4.78 is 0. The van der Waals surface area contributed by atoms with Crippen molar-refractivity contribution in [2.45, 2.75) is 6.42 Å². The van der Waals surface area contributed by atoms with Crippen molar-refractivity contribution in [1.82, 2.24) is 4.98 Å². The van der Waals surface area contributed by atoms with Crippen LogP contribution in [-0.4, -0.2) is 38.1 Å². The molecule has 0 unspecified atom stereocenters. The number of anilines is 3. The van der Waals surface area contributed by atoms with Gasteiger partial charge in [-0.15, -0.1) is 0 Å². The molecule has 0 radical (unpaired) electrons. The monoisotopic (exact) mass is 296 g/mol. The number of aromatic nitrogens is 1. The highest BCUT2D eigenvalue weighted by atomic mass is 16.2. The van der Waals surface area contributed by atoms with Crippen molar-refractivity contribution in [3.05, 3.63) is 48.2 Å². The van der Waals surface area contributed by atoms with Gasteiger partial charge in [-0.3, -0.25) is 4.79 Å². The van der Waals surface area contributed by atoms with Crippen molar-refractivity contribution in [2.75, 3.05) is 42.3 Å². The van der Waals surface area contributed by atoms with Crippen molar-refractivity contribution in [3.8, 4) is 0 Å². The van der Waals surface area contributed by atoms with Gasteiger partial charge in [0.15, 0.2) is 0 Å². The van der Waals surface area contributed by atoms with Gasteiger partial charge in [-0.05, 0) is 30.7 Å². The third-order valence-corrected chi connectivity index (χ3v) is 3.97. The maximum Gasteiger partial charge on any atom is 0.259 e. The van der Waals surface area contributed by atoms with E-state index in [0.29, 0.717) is 12.1 Å². The minimum absolute atomic E-state index is 0.00194. The topological polar surface area (TPSA) is 48.5 Å². The molecule has 22 heavy (non-hydrogen) atoms. The average Bonchev–Trinajstić information content (AvgIpc) is 2.74. The van der Waals surface area contributed by atoms with Gasteiger partial charge in [0.1, 0.15) is 5.82 Å². The van der Waals surface area contributed by atoms with Gasteiger partial charge in [0, 0.05) is 33.4 Å². The molecule has 1 amide bonds. The summed E-state index contributed by atoms with van der Waals surface area (Å²) in [5, 5.41) is 2.96. The molecule has 0 saturated heterocycles. The number of hydrogen-bond donors (Lipinski definition) is 1. The highest BCUT2D eigenvalue weighted by Gasteiger charge is 2.24. The van der Waals surface area contributed by atoms with E-state index in [2.05, 4.69) is 28.3 Å². The lowest BCUT2D eigenvalue weighted by Crippen LogP contribution is -2.31. The Balaban J connectivity index is 1.95. The molecule has 1 aliphatic heterocycles. The molecule has 0 fully saturated rings. The van der Waals surface area contributed by atoms with Crippen molar-refractivity contribution in [2.24, 2.45) is 0 Å². The zero-order valence-electron chi connectivity index (χ0n) is 12.9. The Morgan fingerprint density at radius 2 is 1.91 bits per heavy atom. The summed E-state index contributed by atoms with van der Waals surface area (Å²) in [4.78, 5) is 21.2. The first-order valence-corrected chi connectivity index (χ1v) is 7.46. The zero-order valence-corrected chi connectivity index (χ0v) is 12.9. The number of para-hydroxylation sites is 2. The molecular formula is C17H20N4O. The first kappa shape index (κ1) is 14.4. The van der Waals surface area contributed by atoms with Crippen LogP contribution in [0.5, 0.6) is 0 Å². The van der Waals surface area contributed by atoms with Crippen LogP contribution in [0.4, 0.5) is 17.2 Å². The number of nitrogens with one attached hydrogen (secondary N) is 1. The highest BCUT2D eigenvalue weighted by molar-refractivity contribution is 6.07. The number of pyridine rings is 1. The highest BCUT2D eigenvalue weighted by Crippen LogP contribution is 2.32. The quantitative estimate of drug-likeness (QED) is 0.925. The van der Waals surface area contributed by atoms with E-state index in [4.69, 9.17) is 0 Å². The van der Waals surface area contributed by atoms with Gasteiger partial charge in [0.25, 0.3) is 5.91 Å². The molecule has 0 atom stereocenters. The summed E-state index contributed by atoms with van der Waals surface area (Å²) in [5.41, 5.74) is 2.66. The maximum atomic E-state index is 12.9. The second-order valence-electron chi connectivity index (χ2n) is 5.40. The first-order chi connectivity index (χ1) is 10.7. The number of benzene rings is 1. The lowest BCUT2D eigenvalue weighted by molar-refractivity contribution is 0.0987. The largest absolute Gasteiger partial charge is 0.373 e. The van der Waals surface area contributed by atoms with Gasteiger partial charge in [-0.2, -0.15) is 0 Å². The Bertz CT molecular complexity index is 669. The van der Waals surface area contributed by atoms with Crippen molar-refractivity contribution >= 4 is 23.1 Å². The van der Waals surface area contributed by atoms with Crippen molar-refractivity contribution in [1.29, 1.82) is 0 Å². The summed E-state index contributed by atoms with van der Waals surface area (Å²) in [5.74, 6) is 0.755. The Morgan fingerprint density at radius 1 is 1.14 bits per heavy atom. The maximum absolute atomic E-state index is 12.9. The number of amides is 1. The lowest BCUT2D eigenvalue weighted by Gasteiger charge is -2.24. The summed E-state index contributed by atoms with van der Waals surface area (Å²) in [6.45, 7) is 1.66. The Morgan fingerprint density at radius 3 is 2.59 bits per heavy atom. The van der Waals surface area contributed by atoms with E-state index in [-0.39, 0.29) is 5.91 Å². The summed E-state index contributed by atoms with van der Waals surface area (Å²) in [7, 11) is 3.88. The van der Waals surface area contributed by atoms with E-state index in [1.807, 2.05) is 42.3 Å². The minimum Gasteiger partial charge on any atom is -0.373 e. The standard InChI is InChI=1S/C17H20N4O/c1-18-16-9-8-13(12-19-16)17(22)21-11-5-10-20(2)14-6-3-4-7-15(14)21/h3-4,6-9,12H,5,10-11H2,1-2H3,(H,18,19). The second-order valence-corrected chi connectivity index (χ2v) is 5.40. The molecule has 114 valence electrons. The normalized spacial score (nSPS) is 14.3. The Hall–Kier alpha value is -2.56. The summed E-state index contributed by atoms with van der Waals surface area (Å²) in [6.07, 6.45) is 2.57. The SMILES string of the molecule is CNc1ccc(C(=O)N2CCCN(C)c3ccccc32)cn1. The summed E-state index contributed by atoms with van der Waals surface area (Å²) >= 11 is 0. The molecule has 0 spiro atoms. The number of nitrogens with zero attached hydrogens (tertiary/aromatic N) is 3. The number of rotatable bonds is 2. The Kier molecular flexibility index (Phi) is 3.96. The predicted octanol–water partition coefficient (Wildman–Crippen LogP) is 2.61. The molecule has 5 heteroatoms. The van der Waals surface area contributed by atoms with Crippen LogP contribution in [0.2, 0.25) is 0 Å². The van der Waals surface area contributed by atoms with Crippen molar-refractivity contribution in [3.63, 3.8) is 0 Å². The molecule has 1 N–H and O–H groups in total. The number of fused-ring (bicyclic) bond motifs is 1. The molecule has 0 aliphatic carbocycles. The van der Waals surface area contributed by atoms with Gasteiger partial charge in [0.05, 0.1) is 16.9 Å². The third-order valence-electron chi connectivity index (χ3n) is 3.97. The molecule has 2 aromatic rings. The van der Waals surface area contributed by atoms with E-state index in [1.165, 1.54) is 0 Å². The molecule has 0 saturated carbocycles. The van der Waals surface area contributed by atoms with Crippen LogP contribution in [0.1, 0.15) is 16.8 Å². The van der Waals surface area contributed by atoms with Gasteiger partial charge in [-0.25, -0.2) is 4.98 Å². The van der Waals surface area contributed by atoms with Crippen molar-refractivity contribution < 1.29 is 4.79 Å². The lowest BCUT2D eigenvalue weighted by atomic mass is 10.2. The predicted molar refractivity (Wildman–Crippen MR) is 89.8 cm³/mol. The van der Waals surface area contributed by atoms with Crippen LogP contribution in [-0.2, 0) is 0 Å². The fraction of sp³-hybridized carbons (Fsp3) is 0.294. The second kappa shape index (κ2) is 6.05. The van der Waals surface area contributed by atoms with E-state index < -0.39 is 0 Å². The molecule has 3 rings (SSSR count). The smallest absolute Gasteiger partial charge is 0.259 e. The number of carbonyl (C=O) groups excluding carboxylic acids is 1. The molecule has 1 aliphatic rings. The van der Waals surface area contributed by atoms with E-state index in [1.54, 1.807) is 6.20 Å². The van der Waals surface area contributed by atoms with Crippen LogP contribution in [0, 0.1) is 0 Å². The zero-order chi connectivity index (χ0) is 15.5. The molecular weight excluding hydrogens is 276 g/mol. The van der Waals surface area contributed by atoms with Crippen LogP contribution >= 0.6 is 0 Å². The Labute approximate surface area is 130 Å². The minimum atomic E-state index is -0.00194. The van der Waals surface area contributed by atoms with Crippen LogP contribution in [0.25, 0.3) is 0 Å². The average molecular weight is 296 g/mol. The summed E-state index contributed by atoms with van der Waals surface area (Å²) in [6, 6.07) is 11.7. The van der Waals surface area contributed by atoms with Gasteiger partial charge in [-0.1, -0.05) is 12.1 Å². The van der Waals surface area contributed by atoms with E-state index in [0.717, 1.165) is 30.2 Å². The third kappa shape index (κ3) is 2.62. The fourth-order valence-corrected chi connectivity index (χ4v) is 2.76. The van der Waals surface area contributed by atoms with Gasteiger partial charge in [0.2, 0.25) is 0 Å². The van der Waals surface area contributed by atoms with E-state index in [9.17, 15) is 4.79 Å². The fourth-order valence-electron chi connectivity index (χ4n) is 2.76. The molecule has 1 aromatic carbocycles. The van der Waals surface area contributed by atoms with Crippen LogP contribution < -0.4 is 15.1 Å². The number of hydrogen-bond acceptors (Lipinski definition) is 4. The van der Waals surface area contributed by atoms with E-state index >= 15 is 0 Å². The van der Waals surface area contributed by atoms with Crippen LogP contribution in [0.15, 0.2) is 42.6 Å². The van der Waals surface area contributed by atoms with Gasteiger partial charge < -0.3 is 15.1 Å². The first-order valence-electron chi connectivity index (χ1n) is 7.46. The molecule has 2 heterocycles. The molecule has 0 bridgehead atoms. The van der Waals surface area contributed by atoms with Crippen LogP contribution in [0.3, 0.4) is 0 Å². The number of carbonyl (C=O) groups is 1.